The molecular weight excluding hydrogens is 344 g/mol. The summed E-state index contributed by atoms with van der Waals surface area (Å²) in [6.45, 7) is 3.49. The maximum absolute atomic E-state index is 11.9. The highest BCUT2D eigenvalue weighted by molar-refractivity contribution is 5.78. The smallest absolute Gasteiger partial charge is 0.429 e. The maximum Gasteiger partial charge on any atom is 0.514 e. The first kappa shape index (κ1) is 21.1. The molecule has 0 radical (unpaired) electrons. The van der Waals surface area contributed by atoms with Crippen LogP contribution >= 0.6 is 0 Å². The van der Waals surface area contributed by atoms with Gasteiger partial charge in [-0.3, -0.25) is 19.7 Å². The first-order valence-corrected chi connectivity index (χ1v) is 8.27. The Bertz CT molecular complexity index is 623. The van der Waals surface area contributed by atoms with Crippen LogP contribution in [0.3, 0.4) is 0 Å². The molecule has 1 amide bonds. The molecule has 0 saturated heterocycles. The first-order valence-electron chi connectivity index (χ1n) is 8.27. The molecule has 9 heteroatoms. The minimum atomic E-state index is -1.02. The van der Waals surface area contributed by atoms with Crippen molar-refractivity contribution in [2.75, 3.05) is 6.54 Å². The summed E-state index contributed by atoms with van der Waals surface area (Å²) < 4.78 is 10.1. The van der Waals surface area contributed by atoms with Gasteiger partial charge in [0.05, 0.1) is 11.5 Å². The lowest BCUT2D eigenvalue weighted by atomic mass is 10.1. The van der Waals surface area contributed by atoms with E-state index in [-0.39, 0.29) is 48.9 Å². The van der Waals surface area contributed by atoms with Gasteiger partial charge in [0.15, 0.2) is 0 Å². The Kier molecular flexibility index (Phi) is 8.76. The third-order valence-electron chi connectivity index (χ3n) is 3.50. The monoisotopic (exact) mass is 366 g/mol. The van der Waals surface area contributed by atoms with Gasteiger partial charge in [-0.1, -0.05) is 13.8 Å². The van der Waals surface area contributed by atoms with Gasteiger partial charge in [-0.15, -0.1) is 0 Å². The zero-order valence-electron chi connectivity index (χ0n) is 14.7. The second-order valence-corrected chi connectivity index (χ2v) is 5.43. The number of nitrogens with zero attached hydrogens (tertiary/aromatic N) is 1. The molecule has 1 N–H and O–H groups in total. The number of carbonyl (C=O) groups excluding carboxylic acids is 3. The van der Waals surface area contributed by atoms with Crippen LogP contribution in [-0.2, 0) is 14.3 Å². The van der Waals surface area contributed by atoms with Gasteiger partial charge < -0.3 is 14.8 Å². The molecule has 1 atom stereocenters. The van der Waals surface area contributed by atoms with E-state index in [4.69, 9.17) is 9.47 Å². The summed E-state index contributed by atoms with van der Waals surface area (Å²) in [5, 5.41) is 13.2. The summed E-state index contributed by atoms with van der Waals surface area (Å²) >= 11 is 0. The number of nitro groups is 1. The normalized spacial score (nSPS) is 11.3. The van der Waals surface area contributed by atoms with E-state index < -0.39 is 17.2 Å². The summed E-state index contributed by atoms with van der Waals surface area (Å²) in [5.74, 6) is -0.102. The Balaban J connectivity index is 2.62. The Morgan fingerprint density at radius 1 is 1.15 bits per heavy atom. The predicted molar refractivity (Wildman–Crippen MR) is 91.8 cm³/mol. The van der Waals surface area contributed by atoms with Crippen LogP contribution in [0.1, 0.15) is 39.5 Å². The SMILES string of the molecule is CCC(=O)CCC(CNC(=O)CC)OC(=O)Oc1ccc([N+](=O)[O-])cc1. The molecule has 0 aliphatic rings. The van der Waals surface area contributed by atoms with Crippen molar-refractivity contribution >= 4 is 23.5 Å². The van der Waals surface area contributed by atoms with Crippen LogP contribution in [0.25, 0.3) is 0 Å². The number of Topliss-reactive ketones (excluding diaryl/α,β-unsaturated/α-hetero) is 1. The lowest BCUT2D eigenvalue weighted by Crippen LogP contribution is -2.35. The van der Waals surface area contributed by atoms with Crippen molar-refractivity contribution in [3.8, 4) is 5.75 Å². The highest BCUT2D eigenvalue weighted by atomic mass is 16.7. The third-order valence-corrected chi connectivity index (χ3v) is 3.50. The zero-order valence-corrected chi connectivity index (χ0v) is 14.7. The lowest BCUT2D eigenvalue weighted by molar-refractivity contribution is -0.384. The lowest BCUT2D eigenvalue weighted by Gasteiger charge is -2.17. The minimum absolute atomic E-state index is 0.0177. The van der Waals surface area contributed by atoms with Crippen molar-refractivity contribution in [1.82, 2.24) is 5.32 Å². The molecule has 9 nitrogen and oxygen atoms in total. The molecule has 1 aromatic rings. The third kappa shape index (κ3) is 7.73. The van der Waals surface area contributed by atoms with E-state index in [1.807, 2.05) is 0 Å². The molecule has 0 aromatic heterocycles. The van der Waals surface area contributed by atoms with Gasteiger partial charge in [-0.05, 0) is 18.6 Å². The Morgan fingerprint density at radius 3 is 2.35 bits per heavy atom. The fourth-order valence-electron chi connectivity index (χ4n) is 1.95. The van der Waals surface area contributed by atoms with E-state index in [0.29, 0.717) is 6.42 Å². The second kappa shape index (κ2) is 10.8. The van der Waals surface area contributed by atoms with Gasteiger partial charge in [0.25, 0.3) is 5.69 Å². The average Bonchev–Trinajstić information content (AvgIpc) is 2.63. The number of rotatable bonds is 10. The number of hydrogen-bond acceptors (Lipinski definition) is 7. The van der Waals surface area contributed by atoms with Crippen LogP contribution in [0.5, 0.6) is 5.75 Å². The fourth-order valence-corrected chi connectivity index (χ4v) is 1.95. The Morgan fingerprint density at radius 2 is 1.81 bits per heavy atom. The van der Waals surface area contributed by atoms with Crippen LogP contribution < -0.4 is 10.1 Å². The van der Waals surface area contributed by atoms with Crippen molar-refractivity contribution in [3.63, 3.8) is 0 Å². The summed E-state index contributed by atoms with van der Waals surface area (Å²) in [7, 11) is 0. The number of nitro benzene ring substituents is 1. The molecule has 1 aromatic carbocycles. The second-order valence-electron chi connectivity index (χ2n) is 5.43. The first-order chi connectivity index (χ1) is 12.3. The molecule has 0 fully saturated rings. The molecule has 0 spiro atoms. The number of non-ortho nitro benzene ring substituents is 1. The van der Waals surface area contributed by atoms with Crippen molar-refractivity contribution < 1.29 is 28.8 Å². The van der Waals surface area contributed by atoms with E-state index in [2.05, 4.69) is 5.32 Å². The van der Waals surface area contributed by atoms with Crippen molar-refractivity contribution in [1.29, 1.82) is 0 Å². The summed E-state index contributed by atoms with van der Waals surface area (Å²) in [6.07, 6.45) is -0.597. The van der Waals surface area contributed by atoms with Crippen LogP contribution in [-0.4, -0.2) is 35.4 Å². The van der Waals surface area contributed by atoms with Gasteiger partial charge in [0.1, 0.15) is 17.6 Å². The van der Waals surface area contributed by atoms with Crippen LogP contribution in [0, 0.1) is 10.1 Å². The van der Waals surface area contributed by atoms with Gasteiger partial charge in [0, 0.05) is 31.4 Å². The summed E-state index contributed by atoms with van der Waals surface area (Å²) in [6, 6.07) is 4.94. The predicted octanol–water partition coefficient (Wildman–Crippen LogP) is 2.76. The number of amides is 1. The van der Waals surface area contributed by atoms with Gasteiger partial charge >= 0.3 is 6.16 Å². The van der Waals surface area contributed by atoms with Gasteiger partial charge in [0.2, 0.25) is 5.91 Å². The van der Waals surface area contributed by atoms with E-state index in [1.165, 1.54) is 24.3 Å². The average molecular weight is 366 g/mol. The van der Waals surface area contributed by atoms with Crippen molar-refractivity contribution in [3.05, 3.63) is 34.4 Å². The van der Waals surface area contributed by atoms with E-state index in [1.54, 1.807) is 13.8 Å². The van der Waals surface area contributed by atoms with E-state index in [9.17, 15) is 24.5 Å². The molecular formula is C17H22N2O7. The van der Waals surface area contributed by atoms with E-state index in [0.717, 1.165) is 0 Å². The molecule has 0 aliphatic heterocycles. The summed E-state index contributed by atoms with van der Waals surface area (Å²) in [5.41, 5.74) is -0.135. The quantitative estimate of drug-likeness (QED) is 0.292. The number of nitrogens with one attached hydrogen (secondary N) is 1. The molecule has 142 valence electrons. The van der Waals surface area contributed by atoms with Crippen LogP contribution in [0.2, 0.25) is 0 Å². The fraction of sp³-hybridized carbons (Fsp3) is 0.471. The molecule has 1 unspecified atom stereocenters. The highest BCUT2D eigenvalue weighted by Crippen LogP contribution is 2.18. The summed E-state index contributed by atoms with van der Waals surface area (Å²) in [4.78, 5) is 44.7. The molecule has 0 aliphatic carbocycles. The van der Waals surface area contributed by atoms with E-state index >= 15 is 0 Å². The Hall–Kier alpha value is -2.97. The minimum Gasteiger partial charge on any atom is -0.429 e. The highest BCUT2D eigenvalue weighted by Gasteiger charge is 2.18. The molecule has 0 saturated carbocycles. The van der Waals surface area contributed by atoms with Gasteiger partial charge in [-0.2, -0.15) is 0 Å². The number of benzene rings is 1. The number of carbonyl (C=O) groups is 3. The number of ether oxygens (including phenoxy) is 2. The molecule has 26 heavy (non-hydrogen) atoms. The van der Waals surface area contributed by atoms with Gasteiger partial charge in [-0.25, -0.2) is 4.79 Å². The number of ketones is 1. The maximum atomic E-state index is 11.9. The molecule has 0 bridgehead atoms. The molecule has 0 heterocycles. The zero-order chi connectivity index (χ0) is 19.5. The van der Waals surface area contributed by atoms with Crippen LogP contribution in [0.4, 0.5) is 10.5 Å². The molecule has 1 rings (SSSR count). The Labute approximate surface area is 150 Å². The topological polar surface area (TPSA) is 125 Å². The largest absolute Gasteiger partial charge is 0.514 e. The standard InChI is InChI=1S/C17H22N2O7/c1-3-13(20)7-10-15(11-18-16(21)4-2)26-17(22)25-14-8-5-12(6-9-14)19(23)24/h5-6,8-9,15H,3-4,7,10-11H2,1-2H3,(H,18,21). The van der Waals surface area contributed by atoms with Crippen LogP contribution in [0.15, 0.2) is 24.3 Å². The number of hydrogen-bond donors (Lipinski definition) is 1. The van der Waals surface area contributed by atoms with Crippen molar-refractivity contribution in [2.24, 2.45) is 0 Å². The van der Waals surface area contributed by atoms with Crippen molar-refractivity contribution in [2.45, 2.75) is 45.6 Å².